The summed E-state index contributed by atoms with van der Waals surface area (Å²) in [6, 6.07) is 26.8. The Labute approximate surface area is 192 Å². The number of methoxy groups -OCH3 is 1. The molecule has 0 unspecified atom stereocenters. The first-order chi connectivity index (χ1) is 15.6. The maximum Gasteiger partial charge on any atom is 0.248 e. The van der Waals surface area contributed by atoms with Crippen LogP contribution in [0, 0.1) is 0 Å². The van der Waals surface area contributed by atoms with E-state index in [2.05, 4.69) is 5.32 Å². The van der Waals surface area contributed by atoms with E-state index >= 15 is 0 Å². The minimum Gasteiger partial charge on any atom is -0.493 e. The van der Waals surface area contributed by atoms with Crippen molar-refractivity contribution < 1.29 is 14.3 Å². The third kappa shape index (κ3) is 5.29. The number of anilines is 1. The fraction of sp³-hybridized carbons (Fsp3) is 0.0741. The van der Waals surface area contributed by atoms with Crippen molar-refractivity contribution in [3.05, 3.63) is 107 Å². The van der Waals surface area contributed by atoms with Gasteiger partial charge in [0.25, 0.3) is 0 Å². The van der Waals surface area contributed by atoms with Crippen molar-refractivity contribution in [3.8, 4) is 11.5 Å². The lowest BCUT2D eigenvalue weighted by molar-refractivity contribution is -0.111. The summed E-state index contributed by atoms with van der Waals surface area (Å²) < 4.78 is 11.3. The van der Waals surface area contributed by atoms with Crippen molar-refractivity contribution in [2.45, 2.75) is 6.61 Å². The molecular weight excluding hydrogens is 422 g/mol. The molecule has 160 valence electrons. The summed E-state index contributed by atoms with van der Waals surface area (Å²) in [5.41, 5.74) is 2.61. The SMILES string of the molecule is COc1cc(C=CC(=O)Nc2cccc3ccccc23)ccc1OCc1ccc(Cl)cc1. The van der Waals surface area contributed by atoms with Gasteiger partial charge in [-0.05, 0) is 52.9 Å². The van der Waals surface area contributed by atoms with Crippen LogP contribution in [0.4, 0.5) is 5.69 Å². The van der Waals surface area contributed by atoms with Gasteiger partial charge in [0.2, 0.25) is 5.91 Å². The number of nitrogens with one attached hydrogen (secondary N) is 1. The normalized spacial score (nSPS) is 10.9. The Balaban J connectivity index is 1.43. The van der Waals surface area contributed by atoms with Crippen LogP contribution < -0.4 is 14.8 Å². The zero-order valence-electron chi connectivity index (χ0n) is 17.5. The minimum absolute atomic E-state index is 0.205. The van der Waals surface area contributed by atoms with Gasteiger partial charge in [0.1, 0.15) is 6.61 Å². The number of hydrogen-bond donors (Lipinski definition) is 1. The highest BCUT2D eigenvalue weighted by Crippen LogP contribution is 2.29. The molecule has 0 aliphatic rings. The largest absolute Gasteiger partial charge is 0.493 e. The van der Waals surface area contributed by atoms with Crippen molar-refractivity contribution in [2.24, 2.45) is 0 Å². The van der Waals surface area contributed by atoms with E-state index in [1.54, 1.807) is 13.2 Å². The molecule has 4 aromatic carbocycles. The maximum absolute atomic E-state index is 12.5. The highest BCUT2D eigenvalue weighted by molar-refractivity contribution is 6.30. The van der Waals surface area contributed by atoms with Crippen LogP contribution in [0.5, 0.6) is 11.5 Å². The molecule has 0 spiro atoms. The molecule has 5 heteroatoms. The second kappa shape index (κ2) is 10.0. The smallest absolute Gasteiger partial charge is 0.248 e. The number of hydrogen-bond acceptors (Lipinski definition) is 3. The van der Waals surface area contributed by atoms with E-state index in [1.165, 1.54) is 6.08 Å². The van der Waals surface area contributed by atoms with Crippen LogP contribution >= 0.6 is 11.6 Å². The molecule has 4 nitrogen and oxygen atoms in total. The number of ether oxygens (including phenoxy) is 2. The van der Waals surface area contributed by atoms with E-state index < -0.39 is 0 Å². The third-order valence-corrected chi connectivity index (χ3v) is 5.22. The molecular formula is C27H22ClNO3. The molecule has 0 radical (unpaired) electrons. The number of benzene rings is 4. The lowest BCUT2D eigenvalue weighted by atomic mass is 10.1. The van der Waals surface area contributed by atoms with Gasteiger partial charge < -0.3 is 14.8 Å². The van der Waals surface area contributed by atoms with Crippen molar-refractivity contribution >= 4 is 40.0 Å². The first-order valence-corrected chi connectivity index (χ1v) is 10.5. The average molecular weight is 444 g/mol. The van der Waals surface area contributed by atoms with Crippen molar-refractivity contribution in [1.82, 2.24) is 0 Å². The Morgan fingerprint density at radius 3 is 2.53 bits per heavy atom. The third-order valence-electron chi connectivity index (χ3n) is 4.97. The van der Waals surface area contributed by atoms with Gasteiger partial charge >= 0.3 is 0 Å². The standard InChI is InChI=1S/C27H22ClNO3/c1-31-26-17-19(11-15-25(26)32-18-20-9-13-22(28)14-10-20)12-16-27(30)29-24-8-4-6-21-5-2-3-7-23(21)24/h2-17H,18H2,1H3,(H,29,30). The van der Waals surface area contributed by atoms with Gasteiger partial charge in [0, 0.05) is 22.2 Å². The Bertz CT molecular complexity index is 1260. The molecule has 0 saturated heterocycles. The van der Waals surface area contributed by atoms with E-state index in [9.17, 15) is 4.79 Å². The number of carbonyl (C=O) groups is 1. The lowest BCUT2D eigenvalue weighted by Gasteiger charge is -2.11. The van der Waals surface area contributed by atoms with Crippen molar-refractivity contribution in [2.75, 3.05) is 12.4 Å². The average Bonchev–Trinajstić information content (AvgIpc) is 2.83. The summed E-state index contributed by atoms with van der Waals surface area (Å²) in [4.78, 5) is 12.5. The van der Waals surface area contributed by atoms with E-state index in [1.807, 2.05) is 84.9 Å². The van der Waals surface area contributed by atoms with Crippen LogP contribution in [0.25, 0.3) is 16.8 Å². The number of amides is 1. The molecule has 0 aromatic heterocycles. The molecule has 0 fully saturated rings. The molecule has 0 atom stereocenters. The molecule has 0 bridgehead atoms. The van der Waals surface area contributed by atoms with Crippen molar-refractivity contribution in [1.29, 1.82) is 0 Å². The zero-order valence-corrected chi connectivity index (χ0v) is 18.3. The fourth-order valence-corrected chi connectivity index (χ4v) is 3.46. The molecule has 1 N–H and O–H groups in total. The highest BCUT2D eigenvalue weighted by atomic mass is 35.5. The van der Waals surface area contributed by atoms with E-state index in [0.29, 0.717) is 23.1 Å². The predicted molar refractivity (Wildman–Crippen MR) is 130 cm³/mol. The second-order valence-corrected chi connectivity index (χ2v) is 7.61. The van der Waals surface area contributed by atoms with Gasteiger partial charge in [-0.25, -0.2) is 0 Å². The van der Waals surface area contributed by atoms with Crippen LogP contribution in [-0.2, 0) is 11.4 Å². The van der Waals surface area contributed by atoms with Gasteiger partial charge in [-0.15, -0.1) is 0 Å². The predicted octanol–water partition coefficient (Wildman–Crippen LogP) is 6.73. The van der Waals surface area contributed by atoms with E-state index in [0.717, 1.165) is 27.6 Å². The van der Waals surface area contributed by atoms with Gasteiger partial charge in [-0.3, -0.25) is 4.79 Å². The summed E-state index contributed by atoms with van der Waals surface area (Å²) >= 11 is 5.92. The van der Waals surface area contributed by atoms with Crippen LogP contribution in [0.3, 0.4) is 0 Å². The molecule has 1 amide bonds. The van der Waals surface area contributed by atoms with Gasteiger partial charge in [-0.2, -0.15) is 0 Å². The quantitative estimate of drug-likeness (QED) is 0.322. The molecule has 4 rings (SSSR count). The van der Waals surface area contributed by atoms with Crippen LogP contribution in [-0.4, -0.2) is 13.0 Å². The van der Waals surface area contributed by atoms with Gasteiger partial charge in [0.05, 0.1) is 7.11 Å². The highest BCUT2D eigenvalue weighted by Gasteiger charge is 2.07. The Morgan fingerprint density at radius 1 is 0.938 bits per heavy atom. The lowest BCUT2D eigenvalue weighted by Crippen LogP contribution is -2.08. The van der Waals surface area contributed by atoms with Gasteiger partial charge in [0.15, 0.2) is 11.5 Å². The summed E-state index contributed by atoms with van der Waals surface area (Å²) in [5.74, 6) is 1.01. The van der Waals surface area contributed by atoms with Crippen LogP contribution in [0.1, 0.15) is 11.1 Å². The number of fused-ring (bicyclic) bond motifs is 1. The summed E-state index contributed by atoms with van der Waals surface area (Å²) in [5, 5.41) is 5.71. The van der Waals surface area contributed by atoms with E-state index in [-0.39, 0.29) is 5.91 Å². The molecule has 0 saturated carbocycles. The number of rotatable bonds is 7. The molecule has 0 aliphatic heterocycles. The molecule has 32 heavy (non-hydrogen) atoms. The first kappa shape index (κ1) is 21.5. The fourth-order valence-electron chi connectivity index (χ4n) is 3.33. The van der Waals surface area contributed by atoms with Gasteiger partial charge in [-0.1, -0.05) is 66.2 Å². The van der Waals surface area contributed by atoms with E-state index in [4.69, 9.17) is 21.1 Å². The molecule has 0 aliphatic carbocycles. The summed E-state index contributed by atoms with van der Waals surface area (Å²) in [7, 11) is 1.59. The minimum atomic E-state index is -0.205. The topological polar surface area (TPSA) is 47.6 Å². The Kier molecular flexibility index (Phi) is 6.73. The van der Waals surface area contributed by atoms with Crippen LogP contribution in [0.15, 0.2) is 91.0 Å². The number of halogens is 1. The second-order valence-electron chi connectivity index (χ2n) is 7.17. The Hall–Kier alpha value is -3.76. The van der Waals surface area contributed by atoms with Crippen molar-refractivity contribution in [3.63, 3.8) is 0 Å². The molecule has 4 aromatic rings. The Morgan fingerprint density at radius 2 is 1.72 bits per heavy atom. The number of carbonyl (C=O) groups excluding carboxylic acids is 1. The summed E-state index contributed by atoms with van der Waals surface area (Å²) in [6.45, 7) is 0.399. The van der Waals surface area contributed by atoms with Crippen LogP contribution in [0.2, 0.25) is 5.02 Å². The first-order valence-electron chi connectivity index (χ1n) is 10.1. The molecule has 0 heterocycles. The zero-order chi connectivity index (χ0) is 22.3. The summed E-state index contributed by atoms with van der Waals surface area (Å²) in [6.07, 6.45) is 3.25. The monoisotopic (exact) mass is 443 g/mol. The maximum atomic E-state index is 12.5.